The van der Waals surface area contributed by atoms with Crippen molar-refractivity contribution in [3.05, 3.63) is 40.3 Å². The number of nitrogens with zero attached hydrogens (tertiary/aromatic N) is 3. The van der Waals surface area contributed by atoms with Gasteiger partial charge in [-0.15, -0.1) is 0 Å². The number of azide groups is 1. The summed E-state index contributed by atoms with van der Waals surface area (Å²) in [6, 6.07) is 6.64. The van der Waals surface area contributed by atoms with E-state index in [1.807, 2.05) is 6.26 Å². The molecule has 1 unspecified atom stereocenters. The maximum atomic E-state index is 12.2. The Morgan fingerprint density at radius 3 is 2.77 bits per heavy atom. The van der Waals surface area contributed by atoms with E-state index in [1.54, 1.807) is 38.1 Å². The number of esters is 1. The van der Waals surface area contributed by atoms with Gasteiger partial charge in [0.2, 0.25) is 0 Å². The molecule has 1 aromatic rings. The predicted octanol–water partition coefficient (Wildman–Crippen LogP) is 2.28. The Morgan fingerprint density at radius 1 is 1.26 bits per heavy atom. The van der Waals surface area contributed by atoms with Gasteiger partial charge in [0, 0.05) is 23.6 Å². The lowest BCUT2D eigenvalue weighted by Crippen LogP contribution is -2.29. The van der Waals surface area contributed by atoms with Crippen molar-refractivity contribution in [2.24, 2.45) is 5.11 Å². The second-order valence-corrected chi connectivity index (χ2v) is 7.01. The van der Waals surface area contributed by atoms with E-state index in [2.05, 4.69) is 20.1 Å². The summed E-state index contributed by atoms with van der Waals surface area (Å²) in [5, 5.41) is 6.32. The highest BCUT2D eigenvalue weighted by Crippen LogP contribution is 2.14. The van der Waals surface area contributed by atoms with Gasteiger partial charge in [-0.3, -0.25) is 9.52 Å². The van der Waals surface area contributed by atoms with Gasteiger partial charge >= 0.3 is 5.97 Å². The summed E-state index contributed by atoms with van der Waals surface area (Å²) in [5.41, 5.74) is 9.15. The second kappa shape index (κ2) is 16.2. The summed E-state index contributed by atoms with van der Waals surface area (Å²) in [6.45, 7) is 4.61. The molecule has 0 aromatic heterocycles. The van der Waals surface area contributed by atoms with Crippen molar-refractivity contribution in [1.29, 1.82) is 0 Å². The summed E-state index contributed by atoms with van der Waals surface area (Å²) in [7, 11) is 0. The van der Waals surface area contributed by atoms with Crippen molar-refractivity contribution in [2.75, 3.05) is 45.8 Å². The lowest BCUT2D eigenvalue weighted by Gasteiger charge is -2.15. The van der Waals surface area contributed by atoms with E-state index in [0.29, 0.717) is 24.4 Å². The van der Waals surface area contributed by atoms with Crippen molar-refractivity contribution < 1.29 is 28.5 Å². The number of ether oxygens (including phenoxy) is 4. The molecule has 0 fully saturated rings. The lowest BCUT2D eigenvalue weighted by molar-refractivity contribution is -0.153. The van der Waals surface area contributed by atoms with E-state index in [0.717, 1.165) is 0 Å². The molecule has 31 heavy (non-hydrogen) atoms. The van der Waals surface area contributed by atoms with Gasteiger partial charge in [0.05, 0.1) is 19.3 Å². The predicted molar refractivity (Wildman–Crippen MR) is 117 cm³/mol. The molecule has 0 spiro atoms. The zero-order valence-electron chi connectivity index (χ0n) is 17.9. The van der Waals surface area contributed by atoms with Crippen LogP contribution in [0.25, 0.3) is 10.4 Å². The molecule has 1 aromatic carbocycles. The molecule has 2 N–H and O–H groups in total. The van der Waals surface area contributed by atoms with Crippen LogP contribution in [0.1, 0.15) is 24.2 Å². The first kappa shape index (κ1) is 26.5. The van der Waals surface area contributed by atoms with Gasteiger partial charge in [0.25, 0.3) is 5.91 Å². The Bertz CT molecular complexity index is 729. The molecule has 0 saturated carbocycles. The fraction of sp³-hybridized carbons (Fsp3) is 0.579. The molecule has 0 heterocycles. The Balaban J connectivity index is 2.41. The van der Waals surface area contributed by atoms with Crippen LogP contribution >= 0.6 is 11.9 Å². The molecular weight excluding hydrogens is 426 g/mol. The normalized spacial score (nSPS) is 11.5. The van der Waals surface area contributed by atoms with Gasteiger partial charge < -0.3 is 24.3 Å². The van der Waals surface area contributed by atoms with Crippen LogP contribution < -0.4 is 14.8 Å². The van der Waals surface area contributed by atoms with E-state index in [-0.39, 0.29) is 38.4 Å². The van der Waals surface area contributed by atoms with Crippen LogP contribution in [-0.2, 0) is 19.0 Å². The first-order chi connectivity index (χ1) is 15.0. The SMILES string of the molecule is CSNCCNC(=O)c1cccc(OCC(N=[N+]=[N-])OCCOCC(=O)OC(C)C)c1. The van der Waals surface area contributed by atoms with Gasteiger partial charge in [0.1, 0.15) is 19.0 Å². The maximum Gasteiger partial charge on any atom is 0.332 e. The zero-order chi connectivity index (χ0) is 22.9. The lowest BCUT2D eigenvalue weighted by atomic mass is 10.2. The summed E-state index contributed by atoms with van der Waals surface area (Å²) >= 11 is 1.48. The van der Waals surface area contributed by atoms with Crippen LogP contribution in [0.4, 0.5) is 0 Å². The summed E-state index contributed by atoms with van der Waals surface area (Å²) in [5.74, 6) is -0.247. The van der Waals surface area contributed by atoms with Crippen LogP contribution in [0.2, 0.25) is 0 Å². The maximum absolute atomic E-state index is 12.2. The highest BCUT2D eigenvalue weighted by molar-refractivity contribution is 7.96. The van der Waals surface area contributed by atoms with Crippen LogP contribution in [0.5, 0.6) is 5.75 Å². The molecule has 0 saturated heterocycles. The monoisotopic (exact) mass is 455 g/mol. The zero-order valence-corrected chi connectivity index (χ0v) is 18.7. The number of hydrogen-bond acceptors (Lipinski definition) is 9. The first-order valence-corrected chi connectivity index (χ1v) is 10.9. The highest BCUT2D eigenvalue weighted by atomic mass is 32.2. The standard InChI is InChI=1S/C19H29N5O6S/c1-14(2)30-18(25)13-27-9-10-28-17(23-24-20)12-29-16-6-4-5-15(11-16)19(26)21-7-8-22-31-3/h4-6,11,14,17,22H,7-10,12-13H2,1-3H3,(H,21,26). The van der Waals surface area contributed by atoms with Crippen molar-refractivity contribution in [3.63, 3.8) is 0 Å². The van der Waals surface area contributed by atoms with Crippen LogP contribution in [-0.4, -0.2) is 70.0 Å². The van der Waals surface area contributed by atoms with E-state index in [9.17, 15) is 9.59 Å². The second-order valence-electron chi connectivity index (χ2n) is 6.31. The Labute approximate surface area is 185 Å². The number of hydrogen-bond donors (Lipinski definition) is 2. The van der Waals surface area contributed by atoms with Gasteiger partial charge in [-0.1, -0.05) is 23.1 Å². The average molecular weight is 456 g/mol. The Hall–Kier alpha value is -2.50. The van der Waals surface area contributed by atoms with Gasteiger partial charge in [-0.2, -0.15) is 0 Å². The van der Waals surface area contributed by atoms with Crippen molar-refractivity contribution >= 4 is 23.8 Å². The third kappa shape index (κ3) is 12.7. The quantitative estimate of drug-likeness (QED) is 0.0965. The molecule has 12 heteroatoms. The summed E-state index contributed by atoms with van der Waals surface area (Å²) in [4.78, 5) is 26.3. The van der Waals surface area contributed by atoms with Gasteiger partial charge in [-0.05, 0) is 43.8 Å². The molecule has 0 aliphatic heterocycles. The number of amides is 1. The molecule has 11 nitrogen and oxygen atoms in total. The molecule has 1 rings (SSSR count). The molecule has 0 aliphatic carbocycles. The molecular formula is C19H29N5O6S. The number of benzene rings is 1. The molecule has 0 radical (unpaired) electrons. The molecule has 0 aliphatic rings. The number of carbonyl (C=O) groups excluding carboxylic acids is 2. The van der Waals surface area contributed by atoms with E-state index >= 15 is 0 Å². The Kier molecular flexibility index (Phi) is 13.9. The molecule has 172 valence electrons. The number of nitrogens with one attached hydrogen (secondary N) is 2. The Morgan fingerprint density at radius 2 is 2.06 bits per heavy atom. The highest BCUT2D eigenvalue weighted by Gasteiger charge is 2.11. The smallest absolute Gasteiger partial charge is 0.332 e. The first-order valence-electron chi connectivity index (χ1n) is 9.66. The third-order valence-electron chi connectivity index (χ3n) is 3.45. The third-order valence-corrected chi connectivity index (χ3v) is 3.94. The topological polar surface area (TPSA) is 144 Å². The van der Waals surface area contributed by atoms with Crippen molar-refractivity contribution in [2.45, 2.75) is 26.2 Å². The van der Waals surface area contributed by atoms with Crippen molar-refractivity contribution in [3.8, 4) is 5.75 Å². The minimum absolute atomic E-state index is 0.0534. The minimum atomic E-state index is -0.897. The number of rotatable bonds is 16. The van der Waals surface area contributed by atoms with E-state index in [4.69, 9.17) is 24.5 Å². The van der Waals surface area contributed by atoms with E-state index < -0.39 is 12.2 Å². The van der Waals surface area contributed by atoms with Gasteiger partial charge in [-0.25, -0.2) is 4.79 Å². The average Bonchev–Trinajstić information content (AvgIpc) is 2.74. The summed E-state index contributed by atoms with van der Waals surface area (Å²) < 4.78 is 24.1. The fourth-order valence-corrected chi connectivity index (χ4v) is 2.50. The van der Waals surface area contributed by atoms with Crippen LogP contribution in [0.3, 0.4) is 0 Å². The molecule has 1 atom stereocenters. The number of carbonyl (C=O) groups is 2. The minimum Gasteiger partial charge on any atom is -0.491 e. The molecule has 1 amide bonds. The van der Waals surface area contributed by atoms with Gasteiger partial charge in [0.15, 0.2) is 6.23 Å². The van der Waals surface area contributed by atoms with Crippen LogP contribution in [0.15, 0.2) is 29.4 Å². The fourth-order valence-electron chi connectivity index (χ4n) is 2.19. The summed E-state index contributed by atoms with van der Waals surface area (Å²) in [6.07, 6.45) is 0.805. The van der Waals surface area contributed by atoms with Crippen LogP contribution in [0, 0.1) is 0 Å². The molecule has 0 bridgehead atoms. The van der Waals surface area contributed by atoms with E-state index in [1.165, 1.54) is 11.9 Å². The van der Waals surface area contributed by atoms with Crippen molar-refractivity contribution in [1.82, 2.24) is 10.0 Å². The largest absolute Gasteiger partial charge is 0.491 e.